The zero-order chi connectivity index (χ0) is 14.3. The third-order valence-electron chi connectivity index (χ3n) is 3.45. The molecule has 0 aromatic carbocycles. The van der Waals surface area contributed by atoms with Crippen molar-refractivity contribution in [3.8, 4) is 0 Å². The Hall–Kier alpha value is -0.570. The van der Waals surface area contributed by atoms with Gasteiger partial charge in [-0.25, -0.2) is 0 Å². The number of unbranched alkanes of at least 4 members (excludes halogenated alkanes) is 7. The van der Waals surface area contributed by atoms with E-state index in [0.29, 0.717) is 19.6 Å². The highest BCUT2D eigenvalue weighted by Gasteiger charge is 2.15. The number of aliphatic carboxylic acids is 1. The molecular weight excluding hydrogens is 240 g/mol. The molecule has 0 radical (unpaired) electrons. The number of rotatable bonds is 14. The topological polar surface area (TPSA) is 46.5 Å². The molecule has 1 unspecified atom stereocenters. The highest BCUT2D eigenvalue weighted by Crippen LogP contribution is 2.10. The Morgan fingerprint density at radius 2 is 1.53 bits per heavy atom. The van der Waals surface area contributed by atoms with Crippen LogP contribution in [-0.2, 0) is 9.53 Å². The van der Waals surface area contributed by atoms with E-state index in [9.17, 15) is 4.79 Å². The number of carbonyl (C=O) groups is 1. The molecule has 0 rings (SSSR count). The number of hydrogen-bond acceptors (Lipinski definition) is 2. The van der Waals surface area contributed by atoms with Gasteiger partial charge in [0.15, 0.2) is 0 Å². The maximum absolute atomic E-state index is 10.9. The summed E-state index contributed by atoms with van der Waals surface area (Å²) in [4.78, 5) is 10.9. The molecule has 0 aliphatic carbocycles. The van der Waals surface area contributed by atoms with E-state index in [0.717, 1.165) is 12.8 Å². The first kappa shape index (κ1) is 18.4. The molecule has 114 valence electrons. The number of hydrogen-bond donors (Lipinski definition) is 1. The van der Waals surface area contributed by atoms with Crippen molar-refractivity contribution < 1.29 is 14.6 Å². The maximum atomic E-state index is 10.9. The largest absolute Gasteiger partial charge is 0.481 e. The molecule has 0 bridgehead atoms. The summed E-state index contributed by atoms with van der Waals surface area (Å²) >= 11 is 0. The SMILES string of the molecule is CCCCCCCCCCOCC(CCC)C(=O)O. The van der Waals surface area contributed by atoms with Crippen molar-refractivity contribution in [2.45, 2.75) is 78.1 Å². The van der Waals surface area contributed by atoms with Crippen molar-refractivity contribution in [2.24, 2.45) is 5.92 Å². The van der Waals surface area contributed by atoms with Crippen LogP contribution in [-0.4, -0.2) is 24.3 Å². The summed E-state index contributed by atoms with van der Waals surface area (Å²) in [5.41, 5.74) is 0. The van der Waals surface area contributed by atoms with E-state index in [1.807, 2.05) is 6.92 Å². The molecule has 3 nitrogen and oxygen atoms in total. The van der Waals surface area contributed by atoms with Crippen molar-refractivity contribution in [2.75, 3.05) is 13.2 Å². The van der Waals surface area contributed by atoms with Gasteiger partial charge < -0.3 is 9.84 Å². The van der Waals surface area contributed by atoms with Gasteiger partial charge in [-0.05, 0) is 12.8 Å². The minimum atomic E-state index is -0.724. The Morgan fingerprint density at radius 1 is 0.947 bits per heavy atom. The van der Waals surface area contributed by atoms with Crippen LogP contribution in [0.2, 0.25) is 0 Å². The normalized spacial score (nSPS) is 12.5. The van der Waals surface area contributed by atoms with Gasteiger partial charge in [0.2, 0.25) is 0 Å². The predicted octanol–water partition coefficient (Wildman–Crippen LogP) is 4.64. The standard InChI is InChI=1S/C16H32O3/c1-3-5-6-7-8-9-10-11-13-19-14-15(12-4-2)16(17)18/h15H,3-14H2,1-2H3,(H,17,18). The molecule has 0 amide bonds. The van der Waals surface area contributed by atoms with Crippen LogP contribution in [0.4, 0.5) is 0 Å². The average Bonchev–Trinajstić information content (AvgIpc) is 2.39. The lowest BCUT2D eigenvalue weighted by atomic mass is 10.1. The fraction of sp³-hybridized carbons (Fsp3) is 0.938. The van der Waals surface area contributed by atoms with Gasteiger partial charge in [-0.2, -0.15) is 0 Å². The molecule has 0 aromatic heterocycles. The lowest BCUT2D eigenvalue weighted by molar-refractivity contribution is -0.144. The molecule has 0 aromatic rings. The van der Waals surface area contributed by atoms with E-state index in [-0.39, 0.29) is 5.92 Å². The summed E-state index contributed by atoms with van der Waals surface area (Å²) in [5, 5.41) is 8.97. The zero-order valence-corrected chi connectivity index (χ0v) is 12.8. The average molecular weight is 272 g/mol. The fourth-order valence-electron chi connectivity index (χ4n) is 2.19. The second-order valence-electron chi connectivity index (χ2n) is 5.37. The van der Waals surface area contributed by atoms with E-state index in [2.05, 4.69) is 6.92 Å². The van der Waals surface area contributed by atoms with Crippen LogP contribution in [0, 0.1) is 5.92 Å². The van der Waals surface area contributed by atoms with Crippen LogP contribution in [0.1, 0.15) is 78.1 Å². The first-order valence-corrected chi connectivity index (χ1v) is 8.02. The molecular formula is C16H32O3. The number of carboxylic acid groups (broad SMARTS) is 1. The van der Waals surface area contributed by atoms with Crippen molar-refractivity contribution in [3.63, 3.8) is 0 Å². The monoisotopic (exact) mass is 272 g/mol. The van der Waals surface area contributed by atoms with Crippen LogP contribution >= 0.6 is 0 Å². The Morgan fingerprint density at radius 3 is 2.05 bits per heavy atom. The highest BCUT2D eigenvalue weighted by molar-refractivity contribution is 5.70. The van der Waals surface area contributed by atoms with Crippen molar-refractivity contribution >= 4 is 5.97 Å². The summed E-state index contributed by atoms with van der Waals surface area (Å²) in [5.74, 6) is -1.04. The molecule has 0 saturated heterocycles. The number of carboxylic acids is 1. The van der Waals surface area contributed by atoms with E-state index in [4.69, 9.17) is 9.84 Å². The summed E-state index contributed by atoms with van der Waals surface area (Å²) in [6, 6.07) is 0. The molecule has 0 heterocycles. The molecule has 0 aliphatic rings. The van der Waals surface area contributed by atoms with Gasteiger partial charge in [0.1, 0.15) is 0 Å². The molecule has 0 fully saturated rings. The van der Waals surface area contributed by atoms with Gasteiger partial charge in [0, 0.05) is 6.61 Å². The van der Waals surface area contributed by atoms with Gasteiger partial charge in [-0.1, -0.05) is 65.2 Å². The maximum Gasteiger partial charge on any atom is 0.308 e. The summed E-state index contributed by atoms with van der Waals surface area (Å²) in [6.45, 7) is 5.33. The highest BCUT2D eigenvalue weighted by atomic mass is 16.5. The Kier molecular flexibility index (Phi) is 13.4. The minimum Gasteiger partial charge on any atom is -0.481 e. The zero-order valence-electron chi connectivity index (χ0n) is 12.8. The van der Waals surface area contributed by atoms with E-state index in [1.54, 1.807) is 0 Å². The predicted molar refractivity (Wildman–Crippen MR) is 79.5 cm³/mol. The fourth-order valence-corrected chi connectivity index (χ4v) is 2.19. The lowest BCUT2D eigenvalue weighted by Gasteiger charge is -2.11. The molecule has 1 N–H and O–H groups in total. The van der Waals surface area contributed by atoms with Crippen molar-refractivity contribution in [1.82, 2.24) is 0 Å². The van der Waals surface area contributed by atoms with Crippen LogP contribution < -0.4 is 0 Å². The second kappa shape index (κ2) is 13.9. The lowest BCUT2D eigenvalue weighted by Crippen LogP contribution is -2.19. The van der Waals surface area contributed by atoms with Crippen LogP contribution in [0.5, 0.6) is 0 Å². The van der Waals surface area contributed by atoms with Crippen molar-refractivity contribution in [3.05, 3.63) is 0 Å². The van der Waals surface area contributed by atoms with E-state index >= 15 is 0 Å². The third kappa shape index (κ3) is 12.2. The van der Waals surface area contributed by atoms with Crippen LogP contribution in [0.15, 0.2) is 0 Å². The van der Waals surface area contributed by atoms with Gasteiger partial charge >= 0.3 is 5.97 Å². The number of ether oxygens (including phenoxy) is 1. The quantitative estimate of drug-likeness (QED) is 0.468. The van der Waals surface area contributed by atoms with E-state index in [1.165, 1.54) is 44.9 Å². The van der Waals surface area contributed by atoms with Gasteiger partial charge in [0.05, 0.1) is 12.5 Å². The molecule has 0 spiro atoms. The minimum absolute atomic E-state index is 0.320. The molecule has 0 saturated carbocycles. The molecule has 0 aliphatic heterocycles. The Labute approximate surface area is 118 Å². The third-order valence-corrected chi connectivity index (χ3v) is 3.45. The summed E-state index contributed by atoms with van der Waals surface area (Å²) in [6.07, 6.45) is 11.9. The van der Waals surface area contributed by atoms with E-state index < -0.39 is 5.97 Å². The summed E-state index contributed by atoms with van der Waals surface area (Å²) in [7, 11) is 0. The van der Waals surface area contributed by atoms with Gasteiger partial charge in [-0.15, -0.1) is 0 Å². The Bertz CT molecular complexity index is 204. The molecule has 1 atom stereocenters. The molecule has 3 heteroatoms. The van der Waals surface area contributed by atoms with Gasteiger partial charge in [0.25, 0.3) is 0 Å². The smallest absolute Gasteiger partial charge is 0.308 e. The van der Waals surface area contributed by atoms with Crippen LogP contribution in [0.25, 0.3) is 0 Å². The molecule has 19 heavy (non-hydrogen) atoms. The Balaban J connectivity index is 3.27. The van der Waals surface area contributed by atoms with Crippen molar-refractivity contribution in [1.29, 1.82) is 0 Å². The van der Waals surface area contributed by atoms with Crippen LogP contribution in [0.3, 0.4) is 0 Å². The second-order valence-corrected chi connectivity index (χ2v) is 5.37. The first-order chi connectivity index (χ1) is 9.22. The first-order valence-electron chi connectivity index (χ1n) is 8.02. The van der Waals surface area contributed by atoms with Gasteiger partial charge in [-0.3, -0.25) is 4.79 Å². The summed E-state index contributed by atoms with van der Waals surface area (Å²) < 4.78 is 5.47.